The van der Waals surface area contributed by atoms with Crippen molar-refractivity contribution in [3.8, 4) is 11.5 Å². The molecule has 1 aliphatic heterocycles. The molecule has 0 unspecified atom stereocenters. The van der Waals surface area contributed by atoms with Crippen LogP contribution in [0.3, 0.4) is 0 Å². The van der Waals surface area contributed by atoms with Crippen molar-refractivity contribution in [2.45, 2.75) is 0 Å². The maximum atomic E-state index is 12.6. The van der Waals surface area contributed by atoms with Crippen molar-refractivity contribution in [2.75, 3.05) is 49.1 Å². The summed E-state index contributed by atoms with van der Waals surface area (Å²) in [5.74, 6) is 1.36. The van der Waals surface area contributed by atoms with Crippen molar-refractivity contribution in [1.82, 2.24) is 15.0 Å². The molecule has 3 aromatic carbocycles. The smallest absolute Gasteiger partial charge is 0.344 e. The fourth-order valence-corrected chi connectivity index (χ4v) is 4.27. The van der Waals surface area contributed by atoms with E-state index in [1.807, 2.05) is 41.3 Å². The van der Waals surface area contributed by atoms with Gasteiger partial charge in [-0.3, -0.25) is 0 Å². The lowest BCUT2D eigenvalue weighted by Crippen LogP contribution is -2.37. The molecular formula is C28H26BrN7O4. The molecule has 1 aliphatic rings. The first-order valence-electron chi connectivity index (χ1n) is 12.4. The van der Waals surface area contributed by atoms with Crippen LogP contribution in [-0.2, 0) is 4.74 Å². The molecule has 0 aliphatic carbocycles. The number of hydrogen-bond acceptors (Lipinski definition) is 11. The van der Waals surface area contributed by atoms with E-state index >= 15 is 0 Å². The summed E-state index contributed by atoms with van der Waals surface area (Å²) in [6.07, 6.45) is 1.59. The summed E-state index contributed by atoms with van der Waals surface area (Å²) in [7, 11) is 1.50. The van der Waals surface area contributed by atoms with Gasteiger partial charge in [0.05, 0.1) is 32.1 Å². The summed E-state index contributed by atoms with van der Waals surface area (Å²) in [6.45, 7) is 2.55. The predicted molar refractivity (Wildman–Crippen MR) is 156 cm³/mol. The molecule has 0 radical (unpaired) electrons. The van der Waals surface area contributed by atoms with Crippen molar-refractivity contribution in [3.63, 3.8) is 0 Å². The highest BCUT2D eigenvalue weighted by Gasteiger charge is 2.17. The van der Waals surface area contributed by atoms with Crippen LogP contribution >= 0.6 is 15.9 Å². The van der Waals surface area contributed by atoms with Gasteiger partial charge in [0.2, 0.25) is 17.8 Å². The Kier molecular flexibility index (Phi) is 8.79. The van der Waals surface area contributed by atoms with Crippen molar-refractivity contribution in [1.29, 1.82) is 0 Å². The number of halogens is 1. The van der Waals surface area contributed by atoms with Crippen LogP contribution in [0.15, 0.2) is 82.4 Å². The van der Waals surface area contributed by atoms with Crippen LogP contribution < -0.4 is 25.1 Å². The van der Waals surface area contributed by atoms with Gasteiger partial charge in [-0.1, -0.05) is 30.3 Å². The standard InChI is InChI=1S/C28H26BrN7O4/c1-38-24-17-19(11-12-23(24)40-25(37)21-9-5-6-10-22(21)29)18-30-35-27-32-26(31-20-7-3-2-4-8-20)33-28(34-27)36-13-15-39-16-14-36/h2-12,17-18H,13-16H2,1H3,(H2,31,32,33,34,35)/b30-18+. The second kappa shape index (κ2) is 13.0. The number of para-hydroxylation sites is 1. The highest BCUT2D eigenvalue weighted by atomic mass is 79.9. The molecule has 0 saturated carbocycles. The van der Waals surface area contributed by atoms with Crippen LogP contribution in [0.5, 0.6) is 11.5 Å². The third-order valence-corrected chi connectivity index (χ3v) is 6.50. The van der Waals surface area contributed by atoms with E-state index in [4.69, 9.17) is 14.2 Å². The number of esters is 1. The van der Waals surface area contributed by atoms with Crippen LogP contribution in [0, 0.1) is 0 Å². The van der Waals surface area contributed by atoms with Gasteiger partial charge < -0.3 is 24.4 Å². The zero-order valence-corrected chi connectivity index (χ0v) is 23.2. The van der Waals surface area contributed by atoms with Crippen LogP contribution in [0.1, 0.15) is 15.9 Å². The maximum Gasteiger partial charge on any atom is 0.344 e. The highest BCUT2D eigenvalue weighted by Crippen LogP contribution is 2.29. The zero-order chi connectivity index (χ0) is 27.7. The summed E-state index contributed by atoms with van der Waals surface area (Å²) >= 11 is 3.37. The second-order valence-electron chi connectivity index (χ2n) is 8.52. The van der Waals surface area contributed by atoms with Crippen molar-refractivity contribution >= 4 is 51.6 Å². The van der Waals surface area contributed by atoms with Gasteiger partial charge in [0.1, 0.15) is 0 Å². The van der Waals surface area contributed by atoms with Gasteiger partial charge in [-0.05, 0) is 64.0 Å². The molecule has 0 amide bonds. The Hall–Kier alpha value is -4.55. The molecule has 2 N–H and O–H groups in total. The van der Waals surface area contributed by atoms with Crippen LogP contribution in [-0.4, -0.2) is 60.5 Å². The lowest BCUT2D eigenvalue weighted by atomic mass is 10.2. The van der Waals surface area contributed by atoms with Crippen LogP contribution in [0.25, 0.3) is 0 Å². The molecular weight excluding hydrogens is 578 g/mol. The largest absolute Gasteiger partial charge is 0.493 e. The number of ether oxygens (including phenoxy) is 3. The third-order valence-electron chi connectivity index (χ3n) is 5.81. The Labute approximate surface area is 239 Å². The maximum absolute atomic E-state index is 12.6. The minimum absolute atomic E-state index is 0.275. The van der Waals surface area contributed by atoms with E-state index in [0.717, 1.165) is 5.69 Å². The molecule has 1 fully saturated rings. The van der Waals surface area contributed by atoms with E-state index in [9.17, 15) is 4.79 Å². The number of benzene rings is 3. The molecule has 1 saturated heterocycles. The average Bonchev–Trinajstić information content (AvgIpc) is 2.99. The number of methoxy groups -OCH3 is 1. The lowest BCUT2D eigenvalue weighted by molar-refractivity contribution is 0.0728. The Bertz CT molecular complexity index is 1500. The fraction of sp³-hybridized carbons (Fsp3) is 0.179. The molecule has 11 nitrogen and oxygen atoms in total. The van der Waals surface area contributed by atoms with E-state index in [2.05, 4.69) is 46.7 Å². The molecule has 12 heteroatoms. The normalized spacial score (nSPS) is 13.2. The molecule has 40 heavy (non-hydrogen) atoms. The number of aromatic nitrogens is 3. The lowest BCUT2D eigenvalue weighted by Gasteiger charge is -2.27. The first-order chi connectivity index (χ1) is 19.6. The van der Waals surface area contributed by atoms with Crippen molar-refractivity contribution in [3.05, 3.63) is 88.4 Å². The van der Waals surface area contributed by atoms with Gasteiger partial charge in [-0.15, -0.1) is 0 Å². The summed E-state index contributed by atoms with van der Waals surface area (Å²) in [4.78, 5) is 28.3. The Balaban J connectivity index is 1.31. The quantitative estimate of drug-likeness (QED) is 0.118. The number of rotatable bonds is 9. The zero-order valence-electron chi connectivity index (χ0n) is 21.6. The Morgan fingerprint density at radius 1 is 0.975 bits per heavy atom. The summed E-state index contributed by atoms with van der Waals surface area (Å²) < 4.78 is 17.1. The number of nitrogens with one attached hydrogen (secondary N) is 2. The van der Waals surface area contributed by atoms with E-state index < -0.39 is 5.97 Å². The highest BCUT2D eigenvalue weighted by molar-refractivity contribution is 9.10. The van der Waals surface area contributed by atoms with E-state index in [-0.39, 0.29) is 11.7 Å². The molecule has 0 spiro atoms. The topological polar surface area (TPSA) is 123 Å². The van der Waals surface area contributed by atoms with Gasteiger partial charge in [-0.2, -0.15) is 20.1 Å². The number of carbonyl (C=O) groups is 1. The second-order valence-corrected chi connectivity index (χ2v) is 9.38. The number of carbonyl (C=O) groups excluding carboxylic acids is 1. The molecule has 0 atom stereocenters. The number of nitrogens with zero attached hydrogens (tertiary/aromatic N) is 5. The van der Waals surface area contributed by atoms with Crippen molar-refractivity contribution in [2.24, 2.45) is 5.10 Å². The predicted octanol–water partition coefficient (Wildman–Crippen LogP) is 4.89. The summed E-state index contributed by atoms with van der Waals surface area (Å²) in [6, 6.07) is 21.8. The number of hydrogen-bond donors (Lipinski definition) is 2. The number of hydrazone groups is 1. The van der Waals surface area contributed by atoms with Crippen molar-refractivity contribution < 1.29 is 19.0 Å². The average molecular weight is 604 g/mol. The van der Waals surface area contributed by atoms with E-state index in [1.54, 1.807) is 42.6 Å². The molecule has 0 bridgehead atoms. The Morgan fingerprint density at radius 3 is 2.50 bits per heavy atom. The number of morpholine rings is 1. The van der Waals surface area contributed by atoms with Gasteiger partial charge in [0.15, 0.2) is 11.5 Å². The van der Waals surface area contributed by atoms with Gasteiger partial charge in [0.25, 0.3) is 0 Å². The number of anilines is 4. The van der Waals surface area contributed by atoms with Crippen LogP contribution in [0.4, 0.5) is 23.5 Å². The molecule has 204 valence electrons. The minimum Gasteiger partial charge on any atom is -0.493 e. The summed E-state index contributed by atoms with van der Waals surface area (Å²) in [5, 5.41) is 7.51. The van der Waals surface area contributed by atoms with Crippen LogP contribution in [0.2, 0.25) is 0 Å². The molecule has 2 heterocycles. The fourth-order valence-electron chi connectivity index (χ4n) is 3.82. The van der Waals surface area contributed by atoms with Gasteiger partial charge in [0, 0.05) is 23.2 Å². The minimum atomic E-state index is -0.500. The van der Waals surface area contributed by atoms with E-state index in [1.165, 1.54) is 7.11 Å². The van der Waals surface area contributed by atoms with E-state index in [0.29, 0.717) is 59.5 Å². The third kappa shape index (κ3) is 6.90. The summed E-state index contributed by atoms with van der Waals surface area (Å²) in [5.41, 5.74) is 4.85. The Morgan fingerprint density at radius 2 is 1.73 bits per heavy atom. The first-order valence-corrected chi connectivity index (χ1v) is 13.2. The monoisotopic (exact) mass is 603 g/mol. The molecule has 5 rings (SSSR count). The molecule has 1 aromatic heterocycles. The van der Waals surface area contributed by atoms with Gasteiger partial charge in [-0.25, -0.2) is 10.2 Å². The molecule has 4 aromatic rings. The SMILES string of the molecule is COc1cc(/C=N/Nc2nc(Nc3ccccc3)nc(N3CCOCC3)n2)ccc1OC(=O)c1ccccc1Br. The van der Waals surface area contributed by atoms with Gasteiger partial charge >= 0.3 is 5.97 Å². The first kappa shape index (κ1) is 27.0.